The van der Waals surface area contributed by atoms with E-state index >= 15 is 0 Å². The summed E-state index contributed by atoms with van der Waals surface area (Å²) in [5.41, 5.74) is -1.51. The third-order valence-corrected chi connectivity index (χ3v) is 4.20. The molecule has 8 heteroatoms. The van der Waals surface area contributed by atoms with Gasteiger partial charge in [0.05, 0.1) is 24.5 Å². The van der Waals surface area contributed by atoms with Gasteiger partial charge in [-0.15, -0.1) is 0 Å². The van der Waals surface area contributed by atoms with E-state index in [2.05, 4.69) is 17.3 Å². The van der Waals surface area contributed by atoms with E-state index in [-0.39, 0.29) is 12.6 Å². The lowest BCUT2D eigenvalue weighted by Gasteiger charge is -2.28. The van der Waals surface area contributed by atoms with E-state index in [1.54, 1.807) is 0 Å². The molecule has 130 valence electrons. The maximum absolute atomic E-state index is 12.9. The summed E-state index contributed by atoms with van der Waals surface area (Å²) in [4.78, 5) is 11.9. The lowest BCUT2D eigenvalue weighted by Crippen LogP contribution is -2.32. The average Bonchev–Trinajstić information content (AvgIpc) is 2.87. The first-order valence-corrected chi connectivity index (χ1v) is 7.79. The number of nitrogens with zero attached hydrogens (tertiary/aromatic N) is 2. The fraction of sp³-hybridized carbons (Fsp3) is 0.733. The molecule has 0 unspecified atom stereocenters. The number of halogens is 3. The molecule has 1 saturated carbocycles. The molecular formula is C15H22F3N3O2. The molecule has 1 amide bonds. The number of hydrogen-bond donors (Lipinski definition) is 1. The van der Waals surface area contributed by atoms with E-state index < -0.39 is 23.3 Å². The predicted molar refractivity (Wildman–Crippen MR) is 77.9 cm³/mol. The summed E-state index contributed by atoms with van der Waals surface area (Å²) in [7, 11) is 1.16. The molecule has 0 radical (unpaired) electrons. The van der Waals surface area contributed by atoms with Crippen molar-refractivity contribution >= 4 is 5.91 Å². The van der Waals surface area contributed by atoms with Crippen LogP contribution in [0.2, 0.25) is 0 Å². The fourth-order valence-electron chi connectivity index (χ4n) is 2.94. The van der Waals surface area contributed by atoms with Crippen LogP contribution in [0.1, 0.15) is 48.7 Å². The third-order valence-electron chi connectivity index (χ3n) is 4.20. The minimum absolute atomic E-state index is 0.171. The van der Waals surface area contributed by atoms with E-state index in [0.29, 0.717) is 17.2 Å². The standard InChI is InChI=1S/C15H22F3N3O2/c1-10-5-3-4-6-12(10)23-8-7-19-14(22)11-9-20-21(2)13(11)15(16,17)18/h9-10,12H,3-8H2,1-2H3,(H,19,22)/t10-,12-/m0/s1. The molecular weight excluding hydrogens is 311 g/mol. The smallest absolute Gasteiger partial charge is 0.376 e. The van der Waals surface area contributed by atoms with Crippen molar-refractivity contribution in [1.82, 2.24) is 15.1 Å². The van der Waals surface area contributed by atoms with Crippen LogP contribution in [0.5, 0.6) is 0 Å². The van der Waals surface area contributed by atoms with Crippen LogP contribution >= 0.6 is 0 Å². The Morgan fingerprint density at radius 3 is 2.78 bits per heavy atom. The van der Waals surface area contributed by atoms with Gasteiger partial charge in [0, 0.05) is 13.6 Å². The molecule has 2 rings (SSSR count). The highest BCUT2D eigenvalue weighted by molar-refractivity contribution is 5.95. The van der Waals surface area contributed by atoms with E-state index in [1.165, 1.54) is 6.42 Å². The fourth-order valence-corrected chi connectivity index (χ4v) is 2.94. The third kappa shape index (κ3) is 4.46. The zero-order valence-corrected chi connectivity index (χ0v) is 13.3. The Kier molecular flexibility index (Phi) is 5.67. The van der Waals surface area contributed by atoms with Crippen LogP contribution in [-0.2, 0) is 18.0 Å². The molecule has 23 heavy (non-hydrogen) atoms. The van der Waals surface area contributed by atoms with E-state index in [1.807, 2.05) is 0 Å². The Hall–Kier alpha value is -1.57. The maximum atomic E-state index is 12.9. The van der Waals surface area contributed by atoms with E-state index in [0.717, 1.165) is 32.5 Å². The molecule has 0 bridgehead atoms. The maximum Gasteiger partial charge on any atom is 0.433 e. The normalized spacial score (nSPS) is 22.1. The highest BCUT2D eigenvalue weighted by atomic mass is 19.4. The molecule has 0 aliphatic heterocycles. The molecule has 1 heterocycles. The lowest BCUT2D eigenvalue weighted by atomic mass is 9.88. The van der Waals surface area contributed by atoms with Gasteiger partial charge in [0.1, 0.15) is 0 Å². The Labute approximate surface area is 133 Å². The van der Waals surface area contributed by atoms with Crippen molar-refractivity contribution in [1.29, 1.82) is 0 Å². The first kappa shape index (κ1) is 17.8. The summed E-state index contributed by atoms with van der Waals surface area (Å²) < 4.78 is 45.1. The van der Waals surface area contributed by atoms with Gasteiger partial charge in [-0.1, -0.05) is 19.8 Å². The van der Waals surface area contributed by atoms with Crippen LogP contribution in [0.25, 0.3) is 0 Å². The number of nitrogens with one attached hydrogen (secondary N) is 1. The monoisotopic (exact) mass is 333 g/mol. The molecule has 1 fully saturated rings. The van der Waals surface area contributed by atoms with Gasteiger partial charge < -0.3 is 10.1 Å². The van der Waals surface area contributed by atoms with Gasteiger partial charge >= 0.3 is 6.18 Å². The van der Waals surface area contributed by atoms with Crippen LogP contribution in [-0.4, -0.2) is 34.9 Å². The topological polar surface area (TPSA) is 56.1 Å². The second kappa shape index (κ2) is 7.33. The molecule has 5 nitrogen and oxygen atoms in total. The number of amides is 1. The molecule has 2 atom stereocenters. The molecule has 1 aliphatic rings. The van der Waals surface area contributed by atoms with Crippen molar-refractivity contribution in [3.8, 4) is 0 Å². The molecule has 1 aromatic heterocycles. The number of carbonyl (C=O) groups is 1. The van der Waals surface area contributed by atoms with Gasteiger partial charge in [-0.05, 0) is 18.8 Å². The minimum Gasteiger partial charge on any atom is -0.376 e. The van der Waals surface area contributed by atoms with Gasteiger partial charge in [-0.3, -0.25) is 9.48 Å². The van der Waals surface area contributed by atoms with Crippen molar-refractivity contribution in [3.05, 3.63) is 17.5 Å². The van der Waals surface area contributed by atoms with Crippen molar-refractivity contribution in [3.63, 3.8) is 0 Å². The van der Waals surface area contributed by atoms with Gasteiger partial charge in [0.25, 0.3) is 5.91 Å². The minimum atomic E-state index is -4.62. The van der Waals surface area contributed by atoms with Crippen LogP contribution in [0.4, 0.5) is 13.2 Å². The van der Waals surface area contributed by atoms with Crippen LogP contribution in [0.3, 0.4) is 0 Å². The molecule has 0 spiro atoms. The van der Waals surface area contributed by atoms with Gasteiger partial charge in [-0.2, -0.15) is 18.3 Å². The first-order chi connectivity index (χ1) is 10.8. The number of hydrogen-bond acceptors (Lipinski definition) is 3. The summed E-state index contributed by atoms with van der Waals surface area (Å²) in [6, 6.07) is 0. The highest BCUT2D eigenvalue weighted by Gasteiger charge is 2.39. The Morgan fingerprint density at radius 1 is 1.43 bits per heavy atom. The van der Waals surface area contributed by atoms with E-state index in [9.17, 15) is 18.0 Å². The quantitative estimate of drug-likeness (QED) is 0.843. The number of aryl methyl sites for hydroxylation is 1. The number of rotatable bonds is 5. The molecule has 0 saturated heterocycles. The van der Waals surface area contributed by atoms with Crippen molar-refractivity contribution in [2.24, 2.45) is 13.0 Å². The van der Waals surface area contributed by atoms with Crippen LogP contribution in [0.15, 0.2) is 6.20 Å². The van der Waals surface area contributed by atoms with Gasteiger partial charge in [0.2, 0.25) is 0 Å². The number of ether oxygens (including phenoxy) is 1. The Bertz CT molecular complexity index is 543. The highest BCUT2D eigenvalue weighted by Crippen LogP contribution is 2.31. The summed E-state index contributed by atoms with van der Waals surface area (Å²) in [5, 5.41) is 5.98. The SMILES string of the molecule is C[C@H]1CCCC[C@@H]1OCCNC(=O)c1cnn(C)c1C(F)(F)F. The predicted octanol–water partition coefficient (Wildman–Crippen LogP) is 2.76. The van der Waals surface area contributed by atoms with Crippen molar-refractivity contribution < 1.29 is 22.7 Å². The van der Waals surface area contributed by atoms with Gasteiger partial charge in [0.15, 0.2) is 5.69 Å². The van der Waals surface area contributed by atoms with Crippen molar-refractivity contribution in [2.75, 3.05) is 13.2 Å². The van der Waals surface area contributed by atoms with Gasteiger partial charge in [-0.25, -0.2) is 0 Å². The number of aromatic nitrogens is 2. The zero-order chi connectivity index (χ0) is 17.0. The van der Waals surface area contributed by atoms with Crippen LogP contribution < -0.4 is 5.32 Å². The summed E-state index contributed by atoms with van der Waals surface area (Å²) in [6.07, 6.45) is 0.946. The van der Waals surface area contributed by atoms with Crippen LogP contribution in [0, 0.1) is 5.92 Å². The second-order valence-electron chi connectivity index (χ2n) is 5.96. The summed E-state index contributed by atoms with van der Waals surface area (Å²) in [5.74, 6) is -0.305. The largest absolute Gasteiger partial charge is 0.433 e. The summed E-state index contributed by atoms with van der Waals surface area (Å²) in [6.45, 7) is 2.60. The lowest BCUT2D eigenvalue weighted by molar-refractivity contribution is -0.144. The second-order valence-corrected chi connectivity index (χ2v) is 5.96. The molecule has 1 aromatic rings. The molecule has 1 aliphatic carbocycles. The molecule has 1 N–H and O–H groups in total. The van der Waals surface area contributed by atoms with Crippen molar-refractivity contribution in [2.45, 2.75) is 44.9 Å². The Morgan fingerprint density at radius 2 is 2.13 bits per heavy atom. The average molecular weight is 333 g/mol. The number of alkyl halides is 3. The first-order valence-electron chi connectivity index (χ1n) is 7.79. The zero-order valence-electron chi connectivity index (χ0n) is 13.3. The molecule has 0 aromatic carbocycles. The van der Waals surface area contributed by atoms with E-state index in [4.69, 9.17) is 4.74 Å². The Balaban J connectivity index is 1.84. The summed E-state index contributed by atoms with van der Waals surface area (Å²) >= 11 is 0. The number of carbonyl (C=O) groups excluding carboxylic acids is 1.